The van der Waals surface area contributed by atoms with Crippen LogP contribution in [0.5, 0.6) is 0 Å². The van der Waals surface area contributed by atoms with Crippen LogP contribution in [-0.2, 0) is 5.75 Å². The molecule has 3 heterocycles. The van der Waals surface area contributed by atoms with E-state index in [0.29, 0.717) is 27.2 Å². The van der Waals surface area contributed by atoms with Crippen LogP contribution in [0.2, 0.25) is 0 Å². The molecule has 7 nitrogen and oxygen atoms in total. The van der Waals surface area contributed by atoms with Crippen molar-refractivity contribution in [1.82, 2.24) is 15.4 Å². The fraction of sp³-hybridized carbons (Fsp3) is 0.0588. The molecule has 0 saturated heterocycles. The van der Waals surface area contributed by atoms with Crippen molar-refractivity contribution >= 4 is 34.1 Å². The zero-order valence-electron chi connectivity index (χ0n) is 13.9. The molecule has 0 saturated carbocycles. The lowest BCUT2D eigenvalue weighted by molar-refractivity contribution is 0.101. The average molecular weight is 420 g/mol. The standard InChI is InChI=1S/C17H10F2N4O3S2/c18-10-4-9(5-11(19)6-10)8-27-17-22-21-16(28-17)20-15(24)12-7-14(26-23-12)13-2-1-3-25-13/h1-7H,8H2,(H,20,21,24). The number of carbonyl (C=O) groups excluding carboxylic acids is 1. The maximum absolute atomic E-state index is 13.2. The molecule has 0 aliphatic rings. The highest BCUT2D eigenvalue weighted by Crippen LogP contribution is 2.29. The van der Waals surface area contributed by atoms with E-state index in [2.05, 4.69) is 20.7 Å². The molecule has 142 valence electrons. The number of carbonyl (C=O) groups is 1. The Labute approximate surface area is 164 Å². The van der Waals surface area contributed by atoms with Gasteiger partial charge in [-0.05, 0) is 29.8 Å². The molecular weight excluding hydrogens is 410 g/mol. The van der Waals surface area contributed by atoms with Gasteiger partial charge in [-0.3, -0.25) is 10.1 Å². The molecule has 0 aliphatic carbocycles. The quantitative estimate of drug-likeness (QED) is 0.360. The van der Waals surface area contributed by atoms with Crippen LogP contribution in [0.25, 0.3) is 11.5 Å². The molecule has 4 aromatic rings. The Morgan fingerprint density at radius 3 is 2.71 bits per heavy atom. The second-order valence-electron chi connectivity index (χ2n) is 5.45. The van der Waals surface area contributed by atoms with Gasteiger partial charge < -0.3 is 8.94 Å². The molecule has 4 rings (SSSR count). The lowest BCUT2D eigenvalue weighted by Gasteiger charge is -1.99. The van der Waals surface area contributed by atoms with E-state index in [4.69, 9.17) is 8.94 Å². The smallest absolute Gasteiger partial charge is 0.279 e. The number of benzene rings is 1. The first kappa shape index (κ1) is 18.3. The lowest BCUT2D eigenvalue weighted by atomic mass is 10.2. The third kappa shape index (κ3) is 4.26. The molecule has 0 unspecified atom stereocenters. The first-order valence-electron chi connectivity index (χ1n) is 7.80. The predicted octanol–water partition coefficient (Wildman–Crippen LogP) is 4.61. The molecule has 1 amide bonds. The molecule has 0 radical (unpaired) electrons. The van der Waals surface area contributed by atoms with Gasteiger partial charge in [0, 0.05) is 17.9 Å². The summed E-state index contributed by atoms with van der Waals surface area (Å²) >= 11 is 2.38. The largest absolute Gasteiger partial charge is 0.461 e. The molecular formula is C17H10F2N4O3S2. The van der Waals surface area contributed by atoms with E-state index < -0.39 is 17.5 Å². The lowest BCUT2D eigenvalue weighted by Crippen LogP contribution is -2.11. The van der Waals surface area contributed by atoms with Crippen LogP contribution in [0.15, 0.2) is 55.9 Å². The first-order chi connectivity index (χ1) is 13.6. The summed E-state index contributed by atoms with van der Waals surface area (Å²) in [6.07, 6.45) is 1.48. The van der Waals surface area contributed by atoms with Crippen molar-refractivity contribution in [3.05, 3.63) is 65.6 Å². The highest BCUT2D eigenvalue weighted by molar-refractivity contribution is 8.00. The van der Waals surface area contributed by atoms with Crippen LogP contribution < -0.4 is 5.32 Å². The number of aromatic nitrogens is 3. The van der Waals surface area contributed by atoms with Gasteiger partial charge in [0.15, 0.2) is 15.8 Å². The van der Waals surface area contributed by atoms with Gasteiger partial charge in [0.25, 0.3) is 5.91 Å². The van der Waals surface area contributed by atoms with E-state index in [1.807, 2.05) is 0 Å². The Hall–Kier alpha value is -3.05. The Balaban J connectivity index is 1.37. The summed E-state index contributed by atoms with van der Waals surface area (Å²) in [6, 6.07) is 8.14. The van der Waals surface area contributed by atoms with Crippen LogP contribution >= 0.6 is 23.1 Å². The van der Waals surface area contributed by atoms with E-state index in [0.717, 1.165) is 17.4 Å². The fourth-order valence-corrected chi connectivity index (χ4v) is 3.91. The Morgan fingerprint density at radius 2 is 1.96 bits per heavy atom. The second kappa shape index (κ2) is 7.90. The van der Waals surface area contributed by atoms with E-state index in [9.17, 15) is 13.6 Å². The van der Waals surface area contributed by atoms with Gasteiger partial charge in [0.1, 0.15) is 11.6 Å². The van der Waals surface area contributed by atoms with Crippen LogP contribution in [0.4, 0.5) is 13.9 Å². The number of nitrogens with zero attached hydrogens (tertiary/aromatic N) is 3. The minimum Gasteiger partial charge on any atom is -0.461 e. The molecule has 0 spiro atoms. The third-order valence-electron chi connectivity index (χ3n) is 3.42. The zero-order valence-corrected chi connectivity index (χ0v) is 15.5. The molecule has 28 heavy (non-hydrogen) atoms. The van der Waals surface area contributed by atoms with Crippen LogP contribution in [0.1, 0.15) is 16.1 Å². The normalized spacial score (nSPS) is 10.9. The number of furan rings is 1. The van der Waals surface area contributed by atoms with Gasteiger partial charge in [-0.1, -0.05) is 28.3 Å². The van der Waals surface area contributed by atoms with Crippen molar-refractivity contribution < 1.29 is 22.5 Å². The number of hydrogen-bond donors (Lipinski definition) is 1. The summed E-state index contributed by atoms with van der Waals surface area (Å²) in [5.41, 5.74) is 0.544. The molecule has 0 atom stereocenters. The Kier molecular flexibility index (Phi) is 5.17. The van der Waals surface area contributed by atoms with Gasteiger partial charge in [0.05, 0.1) is 6.26 Å². The van der Waals surface area contributed by atoms with E-state index in [-0.39, 0.29) is 10.8 Å². The monoisotopic (exact) mass is 420 g/mol. The minimum atomic E-state index is -0.637. The van der Waals surface area contributed by atoms with Crippen molar-refractivity contribution in [3.63, 3.8) is 0 Å². The Bertz CT molecular complexity index is 1090. The van der Waals surface area contributed by atoms with E-state index in [1.165, 1.54) is 36.2 Å². The molecule has 3 aromatic heterocycles. The van der Waals surface area contributed by atoms with E-state index >= 15 is 0 Å². The van der Waals surface area contributed by atoms with Crippen molar-refractivity contribution in [2.75, 3.05) is 5.32 Å². The van der Waals surface area contributed by atoms with Gasteiger partial charge in [0.2, 0.25) is 10.9 Å². The van der Waals surface area contributed by atoms with Gasteiger partial charge >= 0.3 is 0 Å². The number of hydrogen-bond acceptors (Lipinski definition) is 8. The van der Waals surface area contributed by atoms with E-state index in [1.54, 1.807) is 12.1 Å². The second-order valence-corrected chi connectivity index (χ2v) is 7.65. The van der Waals surface area contributed by atoms with Crippen molar-refractivity contribution in [1.29, 1.82) is 0 Å². The summed E-state index contributed by atoms with van der Waals surface area (Å²) < 4.78 is 37.2. The zero-order chi connectivity index (χ0) is 19.5. The Morgan fingerprint density at radius 1 is 1.14 bits per heavy atom. The van der Waals surface area contributed by atoms with Crippen LogP contribution in [0, 0.1) is 11.6 Å². The predicted molar refractivity (Wildman–Crippen MR) is 98.0 cm³/mol. The molecule has 0 fully saturated rings. The molecule has 1 aromatic carbocycles. The maximum Gasteiger partial charge on any atom is 0.279 e. The maximum atomic E-state index is 13.2. The minimum absolute atomic E-state index is 0.0611. The number of nitrogens with one attached hydrogen (secondary N) is 1. The van der Waals surface area contributed by atoms with Crippen molar-refractivity contribution in [2.45, 2.75) is 10.1 Å². The summed E-state index contributed by atoms with van der Waals surface area (Å²) in [6.45, 7) is 0. The van der Waals surface area contributed by atoms with Gasteiger partial charge in [-0.2, -0.15) is 0 Å². The molecule has 0 aliphatic heterocycles. The van der Waals surface area contributed by atoms with Gasteiger partial charge in [-0.25, -0.2) is 8.78 Å². The first-order valence-corrected chi connectivity index (χ1v) is 9.60. The molecule has 11 heteroatoms. The average Bonchev–Trinajstić information content (AvgIpc) is 3.40. The summed E-state index contributed by atoms with van der Waals surface area (Å²) in [7, 11) is 0. The van der Waals surface area contributed by atoms with Gasteiger partial charge in [-0.15, -0.1) is 10.2 Å². The molecule has 1 N–H and O–H groups in total. The van der Waals surface area contributed by atoms with Crippen molar-refractivity contribution in [3.8, 4) is 11.5 Å². The van der Waals surface area contributed by atoms with Crippen molar-refractivity contribution in [2.24, 2.45) is 0 Å². The number of rotatable bonds is 6. The summed E-state index contributed by atoms with van der Waals surface area (Å²) in [5, 5.41) is 14.4. The highest BCUT2D eigenvalue weighted by atomic mass is 32.2. The number of halogens is 2. The van der Waals surface area contributed by atoms with Crippen LogP contribution in [0.3, 0.4) is 0 Å². The number of thioether (sulfide) groups is 1. The topological polar surface area (TPSA) is 94.1 Å². The molecule has 0 bridgehead atoms. The summed E-state index contributed by atoms with van der Waals surface area (Å²) in [5.74, 6) is -0.695. The highest BCUT2D eigenvalue weighted by Gasteiger charge is 2.17. The fourth-order valence-electron chi connectivity index (χ4n) is 2.24. The SMILES string of the molecule is O=C(Nc1nnc(SCc2cc(F)cc(F)c2)s1)c1cc(-c2ccco2)on1. The third-order valence-corrected chi connectivity index (χ3v) is 5.46. The summed E-state index contributed by atoms with van der Waals surface area (Å²) in [4.78, 5) is 12.2. The van der Waals surface area contributed by atoms with Crippen LogP contribution in [-0.4, -0.2) is 21.3 Å². The number of anilines is 1. The number of amides is 1.